The maximum atomic E-state index is 13.6. The molecule has 0 radical (unpaired) electrons. The molecule has 2 heterocycles. The van der Waals surface area contributed by atoms with Gasteiger partial charge in [0.15, 0.2) is 16.3 Å². The Kier molecular flexibility index (Phi) is 6.90. The quantitative estimate of drug-likeness (QED) is 0.525. The second-order valence-electron chi connectivity index (χ2n) is 7.51. The molecule has 1 unspecified atom stereocenters. The van der Waals surface area contributed by atoms with Crippen LogP contribution in [0.5, 0.6) is 11.5 Å². The van der Waals surface area contributed by atoms with Crippen LogP contribution in [0.3, 0.4) is 0 Å². The van der Waals surface area contributed by atoms with Crippen LogP contribution in [0.15, 0.2) is 63.5 Å². The number of carbonyl (C=O) groups excluding carboxylic acids is 1. The highest BCUT2D eigenvalue weighted by atomic mass is 35.5. The molecule has 0 amide bonds. The summed E-state index contributed by atoms with van der Waals surface area (Å²) >= 11 is 7.30. The molecule has 1 atom stereocenters. The van der Waals surface area contributed by atoms with Gasteiger partial charge in [-0.05, 0) is 62.2 Å². The molecule has 0 aliphatic carbocycles. The average Bonchev–Trinajstić information content (AvgIpc) is 3.10. The largest absolute Gasteiger partial charge is 0.504 e. The van der Waals surface area contributed by atoms with E-state index < -0.39 is 12.0 Å². The fraction of sp³-hybridized carbons (Fsp3) is 0.240. The van der Waals surface area contributed by atoms with E-state index in [1.165, 1.54) is 22.0 Å². The van der Waals surface area contributed by atoms with E-state index in [0.717, 1.165) is 5.56 Å². The van der Waals surface area contributed by atoms with Crippen molar-refractivity contribution in [2.75, 3.05) is 13.2 Å². The third-order valence-electron chi connectivity index (χ3n) is 5.28. The summed E-state index contributed by atoms with van der Waals surface area (Å²) in [6.07, 6.45) is 1.72. The van der Waals surface area contributed by atoms with Gasteiger partial charge in [-0.15, -0.1) is 0 Å². The van der Waals surface area contributed by atoms with Gasteiger partial charge in [0.05, 0.1) is 35.1 Å². The lowest BCUT2D eigenvalue weighted by Gasteiger charge is -2.24. The van der Waals surface area contributed by atoms with Gasteiger partial charge in [0, 0.05) is 5.02 Å². The summed E-state index contributed by atoms with van der Waals surface area (Å²) in [7, 11) is 0. The molecule has 1 aliphatic rings. The molecule has 0 spiro atoms. The molecule has 0 saturated heterocycles. The summed E-state index contributed by atoms with van der Waals surface area (Å²) in [6, 6.07) is 11.2. The van der Waals surface area contributed by atoms with Crippen LogP contribution < -0.4 is 19.6 Å². The van der Waals surface area contributed by atoms with Gasteiger partial charge in [0.1, 0.15) is 0 Å². The zero-order chi connectivity index (χ0) is 24.4. The van der Waals surface area contributed by atoms with Crippen LogP contribution in [0.25, 0.3) is 6.08 Å². The highest BCUT2D eigenvalue weighted by Crippen LogP contribution is 2.31. The molecule has 7 nitrogen and oxygen atoms in total. The van der Waals surface area contributed by atoms with E-state index in [4.69, 9.17) is 21.1 Å². The van der Waals surface area contributed by atoms with Crippen LogP contribution in [0.4, 0.5) is 0 Å². The molecular weight excluding hydrogens is 476 g/mol. The smallest absolute Gasteiger partial charge is 0.338 e. The number of phenols is 1. The number of fused-ring (bicyclic) bond motifs is 1. The number of aromatic nitrogens is 1. The summed E-state index contributed by atoms with van der Waals surface area (Å²) in [6.45, 7) is 5.89. The van der Waals surface area contributed by atoms with Crippen LogP contribution in [0.2, 0.25) is 5.02 Å². The van der Waals surface area contributed by atoms with Crippen molar-refractivity contribution < 1.29 is 19.4 Å². The van der Waals surface area contributed by atoms with Crippen LogP contribution in [0.1, 0.15) is 37.9 Å². The van der Waals surface area contributed by atoms with Crippen LogP contribution in [-0.4, -0.2) is 28.9 Å². The SMILES string of the molecule is CCOC(=O)C1=C(C)N=c2s/c(=C/c3ccc(O)c(OCC)c3)c(=O)n2C1c1ccc(Cl)cc1. The first-order valence-corrected chi connectivity index (χ1v) is 11.9. The lowest BCUT2D eigenvalue weighted by Crippen LogP contribution is -2.39. The maximum Gasteiger partial charge on any atom is 0.338 e. The molecule has 0 fully saturated rings. The van der Waals surface area contributed by atoms with Gasteiger partial charge in [-0.3, -0.25) is 9.36 Å². The Balaban J connectivity index is 1.91. The van der Waals surface area contributed by atoms with Gasteiger partial charge < -0.3 is 14.6 Å². The number of carbonyl (C=O) groups is 1. The lowest BCUT2D eigenvalue weighted by atomic mass is 9.96. The van der Waals surface area contributed by atoms with Crippen molar-refractivity contribution in [3.63, 3.8) is 0 Å². The summed E-state index contributed by atoms with van der Waals surface area (Å²) in [5.41, 5.74) is 1.93. The molecule has 1 aromatic heterocycles. The number of rotatable bonds is 6. The minimum absolute atomic E-state index is 0.0258. The van der Waals surface area contributed by atoms with Gasteiger partial charge in [-0.2, -0.15) is 0 Å². The molecule has 1 N–H and O–H groups in total. The number of thiazole rings is 1. The van der Waals surface area contributed by atoms with Crippen LogP contribution in [0, 0.1) is 0 Å². The fourth-order valence-electron chi connectivity index (χ4n) is 3.79. The number of nitrogens with zero attached hydrogens (tertiary/aromatic N) is 2. The van der Waals surface area contributed by atoms with E-state index in [2.05, 4.69) is 4.99 Å². The van der Waals surface area contributed by atoms with Crippen molar-refractivity contribution in [3.8, 4) is 11.5 Å². The first-order valence-electron chi connectivity index (χ1n) is 10.7. The number of allylic oxidation sites excluding steroid dienone is 1. The standard InChI is InChI=1S/C25H23ClN2O5S/c1-4-32-19-12-15(6-11-18(19)29)13-20-23(30)28-22(16-7-9-17(26)10-8-16)21(24(31)33-5-2)14(3)27-25(28)34-20/h6-13,22,29H,4-5H2,1-3H3/b20-13+. The number of esters is 1. The molecular formula is C25H23ClN2O5S. The summed E-state index contributed by atoms with van der Waals surface area (Å²) in [4.78, 5) is 31.5. The molecule has 0 saturated carbocycles. The Morgan fingerprint density at radius 1 is 1.21 bits per heavy atom. The first-order chi connectivity index (χ1) is 16.3. The van der Waals surface area contributed by atoms with Gasteiger partial charge in [-0.1, -0.05) is 41.1 Å². The van der Waals surface area contributed by atoms with Crippen LogP contribution in [-0.2, 0) is 9.53 Å². The molecule has 1 aliphatic heterocycles. The normalized spacial score (nSPS) is 15.6. The molecule has 2 aromatic carbocycles. The maximum absolute atomic E-state index is 13.6. The highest BCUT2D eigenvalue weighted by molar-refractivity contribution is 7.07. The zero-order valence-corrected chi connectivity index (χ0v) is 20.4. The van der Waals surface area contributed by atoms with Crippen molar-refractivity contribution in [1.82, 2.24) is 4.57 Å². The predicted octanol–water partition coefficient (Wildman–Crippen LogP) is 3.56. The van der Waals surface area contributed by atoms with E-state index in [1.807, 2.05) is 6.92 Å². The number of halogens is 1. The van der Waals surface area contributed by atoms with Crippen molar-refractivity contribution in [3.05, 3.63) is 89.6 Å². The lowest BCUT2D eigenvalue weighted by molar-refractivity contribution is -0.139. The number of phenolic OH excluding ortho intramolecular Hbond substituents is 1. The third-order valence-corrected chi connectivity index (χ3v) is 6.52. The molecule has 0 bridgehead atoms. The van der Waals surface area contributed by atoms with E-state index in [0.29, 0.717) is 43.5 Å². The van der Waals surface area contributed by atoms with Gasteiger partial charge >= 0.3 is 5.97 Å². The molecule has 34 heavy (non-hydrogen) atoms. The van der Waals surface area contributed by atoms with Gasteiger partial charge in [0.25, 0.3) is 5.56 Å². The topological polar surface area (TPSA) is 90.1 Å². The van der Waals surface area contributed by atoms with E-state index in [1.54, 1.807) is 56.3 Å². The number of hydrogen-bond acceptors (Lipinski definition) is 7. The average molecular weight is 499 g/mol. The predicted molar refractivity (Wildman–Crippen MR) is 131 cm³/mol. The Labute approximate surface area is 204 Å². The molecule has 3 aromatic rings. The van der Waals surface area contributed by atoms with Crippen molar-refractivity contribution in [1.29, 1.82) is 0 Å². The minimum atomic E-state index is -0.700. The van der Waals surface area contributed by atoms with Gasteiger partial charge in [-0.25, -0.2) is 9.79 Å². The Bertz CT molecular complexity index is 1450. The summed E-state index contributed by atoms with van der Waals surface area (Å²) < 4.78 is 12.7. The summed E-state index contributed by atoms with van der Waals surface area (Å²) in [5, 5.41) is 10.5. The zero-order valence-electron chi connectivity index (χ0n) is 18.9. The van der Waals surface area contributed by atoms with Crippen molar-refractivity contribution >= 4 is 35.0 Å². The number of aromatic hydroxyl groups is 1. The fourth-order valence-corrected chi connectivity index (χ4v) is 4.97. The monoisotopic (exact) mass is 498 g/mol. The second kappa shape index (κ2) is 9.87. The van der Waals surface area contributed by atoms with E-state index in [-0.39, 0.29) is 17.9 Å². The molecule has 9 heteroatoms. The van der Waals surface area contributed by atoms with E-state index >= 15 is 0 Å². The Hall–Kier alpha value is -3.36. The van der Waals surface area contributed by atoms with E-state index in [9.17, 15) is 14.7 Å². The summed E-state index contributed by atoms with van der Waals surface area (Å²) in [5.74, 6) is -0.153. The molecule has 4 rings (SSSR count). The second-order valence-corrected chi connectivity index (χ2v) is 8.96. The molecule has 176 valence electrons. The minimum Gasteiger partial charge on any atom is -0.504 e. The van der Waals surface area contributed by atoms with Crippen molar-refractivity contribution in [2.45, 2.75) is 26.8 Å². The Morgan fingerprint density at radius 3 is 2.62 bits per heavy atom. The Morgan fingerprint density at radius 2 is 1.94 bits per heavy atom. The highest BCUT2D eigenvalue weighted by Gasteiger charge is 2.33. The number of ether oxygens (including phenoxy) is 2. The van der Waals surface area contributed by atoms with Crippen molar-refractivity contribution in [2.24, 2.45) is 4.99 Å². The number of hydrogen-bond donors (Lipinski definition) is 1. The third kappa shape index (κ3) is 4.51. The number of benzene rings is 2. The first kappa shape index (κ1) is 23.8. The van der Waals surface area contributed by atoms with Gasteiger partial charge in [0.2, 0.25) is 0 Å². The van der Waals surface area contributed by atoms with Crippen LogP contribution >= 0.6 is 22.9 Å².